The van der Waals surface area contributed by atoms with Crippen molar-refractivity contribution in [1.29, 1.82) is 0 Å². The van der Waals surface area contributed by atoms with Crippen molar-refractivity contribution >= 4 is 28.4 Å². The van der Waals surface area contributed by atoms with Crippen LogP contribution in [0.4, 0.5) is 5.69 Å². The Morgan fingerprint density at radius 3 is 2.83 bits per heavy atom. The van der Waals surface area contributed by atoms with Gasteiger partial charge in [0.1, 0.15) is 0 Å². The molecule has 0 aliphatic rings. The van der Waals surface area contributed by atoms with E-state index < -0.39 is 10.7 Å². The summed E-state index contributed by atoms with van der Waals surface area (Å²) >= 11 is 5.57. The summed E-state index contributed by atoms with van der Waals surface area (Å²) in [5.41, 5.74) is 0.745. The van der Waals surface area contributed by atoms with Crippen LogP contribution < -0.4 is 5.76 Å². The fourth-order valence-electron chi connectivity index (χ4n) is 1.74. The molecule has 0 N–H and O–H groups in total. The Morgan fingerprint density at radius 2 is 2.17 bits per heavy atom. The highest BCUT2D eigenvalue weighted by molar-refractivity contribution is 6.17. The molecule has 0 fully saturated rings. The molecule has 0 aliphatic carbocycles. The number of non-ortho nitro benzene ring substituents is 1. The van der Waals surface area contributed by atoms with Crippen molar-refractivity contribution < 1.29 is 9.34 Å². The zero-order chi connectivity index (χ0) is 13.1. The summed E-state index contributed by atoms with van der Waals surface area (Å²) in [5.74, 6) is 0.0186. The van der Waals surface area contributed by atoms with Crippen LogP contribution in [0.2, 0.25) is 0 Å². The highest BCUT2D eigenvalue weighted by Gasteiger charge is 2.13. The van der Waals surface area contributed by atoms with Crippen LogP contribution in [0.15, 0.2) is 27.4 Å². The van der Waals surface area contributed by atoms with Gasteiger partial charge in [-0.1, -0.05) is 0 Å². The molecule has 0 amide bonds. The van der Waals surface area contributed by atoms with Gasteiger partial charge in [0, 0.05) is 24.6 Å². The molecule has 96 valence electrons. The smallest absolute Gasteiger partial charge is 0.408 e. The van der Waals surface area contributed by atoms with E-state index in [9.17, 15) is 14.9 Å². The van der Waals surface area contributed by atoms with E-state index in [4.69, 9.17) is 16.0 Å². The number of alkyl halides is 1. The molecule has 0 radical (unpaired) electrons. The summed E-state index contributed by atoms with van der Waals surface area (Å²) in [6.07, 6.45) is 1.50. The molecular formula is C11H11ClN2O4. The molecule has 0 aliphatic heterocycles. The fraction of sp³-hybridized carbons (Fsp3) is 0.364. The lowest BCUT2D eigenvalue weighted by atomic mass is 10.2. The van der Waals surface area contributed by atoms with Gasteiger partial charge in [0.05, 0.1) is 10.4 Å². The Bertz CT molecular complexity index is 631. The minimum absolute atomic E-state index is 0.0607. The number of hydrogen-bond donors (Lipinski definition) is 0. The Labute approximate surface area is 107 Å². The summed E-state index contributed by atoms with van der Waals surface area (Å²) in [6, 6.07) is 4.10. The van der Waals surface area contributed by atoms with Crippen LogP contribution >= 0.6 is 11.6 Å². The van der Waals surface area contributed by atoms with Gasteiger partial charge in [-0.2, -0.15) is 0 Å². The van der Waals surface area contributed by atoms with Crippen LogP contribution in [0.5, 0.6) is 0 Å². The van der Waals surface area contributed by atoms with Crippen molar-refractivity contribution in [3.8, 4) is 0 Å². The first-order valence-corrected chi connectivity index (χ1v) is 6.00. The number of benzene rings is 1. The second-order valence-electron chi connectivity index (χ2n) is 3.82. The van der Waals surface area contributed by atoms with Gasteiger partial charge >= 0.3 is 5.76 Å². The summed E-state index contributed by atoms with van der Waals surface area (Å²) in [7, 11) is 0. The first kappa shape index (κ1) is 12.6. The molecule has 2 aromatic rings. The molecule has 1 aromatic carbocycles. The van der Waals surface area contributed by atoms with Gasteiger partial charge in [0.15, 0.2) is 5.58 Å². The number of halogens is 1. The maximum absolute atomic E-state index is 11.6. The topological polar surface area (TPSA) is 78.3 Å². The number of nitro groups is 1. The number of nitrogens with zero attached hydrogens (tertiary/aromatic N) is 2. The van der Waals surface area contributed by atoms with Crippen LogP contribution in [0.3, 0.4) is 0 Å². The van der Waals surface area contributed by atoms with Crippen LogP contribution in [-0.4, -0.2) is 15.4 Å². The molecule has 0 saturated carbocycles. The molecule has 0 unspecified atom stereocenters. The minimum Gasteiger partial charge on any atom is -0.408 e. The van der Waals surface area contributed by atoms with E-state index >= 15 is 0 Å². The minimum atomic E-state index is -0.500. The van der Waals surface area contributed by atoms with E-state index in [-0.39, 0.29) is 5.69 Å². The quantitative estimate of drug-likeness (QED) is 0.362. The van der Waals surface area contributed by atoms with E-state index in [0.29, 0.717) is 23.5 Å². The Kier molecular flexibility index (Phi) is 3.66. The number of oxazole rings is 1. The highest BCUT2D eigenvalue weighted by atomic mass is 35.5. The Hall–Kier alpha value is -1.82. The largest absolute Gasteiger partial charge is 0.419 e. The molecule has 6 nitrogen and oxygen atoms in total. The van der Waals surface area contributed by atoms with Gasteiger partial charge in [-0.15, -0.1) is 11.6 Å². The molecule has 0 saturated heterocycles. The van der Waals surface area contributed by atoms with Crippen molar-refractivity contribution in [2.45, 2.75) is 19.4 Å². The third-order valence-corrected chi connectivity index (χ3v) is 2.89. The number of fused-ring (bicyclic) bond motifs is 1. The molecule has 0 spiro atoms. The first-order chi connectivity index (χ1) is 8.63. The number of rotatable bonds is 5. The van der Waals surface area contributed by atoms with E-state index in [1.54, 1.807) is 0 Å². The monoisotopic (exact) mass is 270 g/mol. The van der Waals surface area contributed by atoms with Crippen molar-refractivity contribution in [2.24, 2.45) is 0 Å². The summed E-state index contributed by atoms with van der Waals surface area (Å²) in [4.78, 5) is 21.8. The normalized spacial score (nSPS) is 10.9. The van der Waals surface area contributed by atoms with Crippen LogP contribution in [0.25, 0.3) is 11.1 Å². The molecular weight excluding hydrogens is 260 g/mol. The number of nitro benzene ring substituents is 1. The van der Waals surface area contributed by atoms with Gasteiger partial charge in [0.2, 0.25) is 0 Å². The highest BCUT2D eigenvalue weighted by Crippen LogP contribution is 2.20. The van der Waals surface area contributed by atoms with E-state index in [0.717, 1.165) is 12.8 Å². The van der Waals surface area contributed by atoms with Crippen molar-refractivity contribution in [1.82, 2.24) is 4.57 Å². The number of unbranched alkanes of at least 4 members (excludes halogenated alkanes) is 1. The average Bonchev–Trinajstić information content (AvgIpc) is 2.65. The van der Waals surface area contributed by atoms with Crippen LogP contribution in [-0.2, 0) is 6.54 Å². The van der Waals surface area contributed by atoms with Crippen molar-refractivity contribution in [3.63, 3.8) is 0 Å². The second-order valence-corrected chi connectivity index (χ2v) is 4.20. The fourth-order valence-corrected chi connectivity index (χ4v) is 1.93. The molecule has 0 atom stereocenters. The van der Waals surface area contributed by atoms with Gasteiger partial charge in [-0.05, 0) is 18.9 Å². The molecule has 1 heterocycles. The first-order valence-electron chi connectivity index (χ1n) is 5.47. The summed E-state index contributed by atoms with van der Waals surface area (Å²) < 4.78 is 6.41. The standard InChI is InChI=1S/C11H11ClN2O4/c12-5-1-2-6-13-9-7-8(14(16)17)3-4-10(9)18-11(13)15/h3-4,7H,1-2,5-6H2. The number of aryl methyl sites for hydroxylation is 1. The van der Waals surface area contributed by atoms with E-state index in [2.05, 4.69) is 0 Å². The van der Waals surface area contributed by atoms with Crippen molar-refractivity contribution in [3.05, 3.63) is 38.9 Å². The Morgan fingerprint density at radius 1 is 1.39 bits per heavy atom. The van der Waals surface area contributed by atoms with Crippen LogP contribution in [0, 0.1) is 10.1 Å². The van der Waals surface area contributed by atoms with Gasteiger partial charge in [0.25, 0.3) is 5.69 Å². The zero-order valence-electron chi connectivity index (χ0n) is 9.47. The van der Waals surface area contributed by atoms with Crippen LogP contribution in [0.1, 0.15) is 12.8 Å². The average molecular weight is 271 g/mol. The summed E-state index contributed by atoms with van der Waals surface area (Å²) in [5, 5.41) is 10.7. The predicted molar refractivity (Wildman–Crippen MR) is 67.1 cm³/mol. The molecule has 7 heteroatoms. The summed E-state index contributed by atoms with van der Waals surface area (Å²) in [6.45, 7) is 0.444. The third-order valence-electron chi connectivity index (χ3n) is 2.63. The maximum atomic E-state index is 11.6. The number of hydrogen-bond acceptors (Lipinski definition) is 4. The maximum Gasteiger partial charge on any atom is 0.419 e. The lowest BCUT2D eigenvalue weighted by molar-refractivity contribution is -0.384. The van der Waals surface area contributed by atoms with Gasteiger partial charge in [-0.25, -0.2) is 4.79 Å². The Balaban J connectivity index is 2.43. The van der Waals surface area contributed by atoms with E-state index in [1.807, 2.05) is 0 Å². The predicted octanol–water partition coefficient (Wildman–Crippen LogP) is 2.52. The van der Waals surface area contributed by atoms with Crippen molar-refractivity contribution in [2.75, 3.05) is 5.88 Å². The molecule has 1 aromatic heterocycles. The third kappa shape index (κ3) is 2.38. The lowest BCUT2D eigenvalue weighted by Gasteiger charge is -2.00. The molecule has 2 rings (SSSR count). The van der Waals surface area contributed by atoms with Gasteiger partial charge in [-0.3, -0.25) is 14.7 Å². The SMILES string of the molecule is O=c1oc2ccc([N+](=O)[O-])cc2n1CCCCCl. The van der Waals surface area contributed by atoms with Gasteiger partial charge < -0.3 is 4.42 Å². The molecule has 18 heavy (non-hydrogen) atoms. The van der Waals surface area contributed by atoms with E-state index in [1.165, 1.54) is 22.8 Å². The zero-order valence-corrected chi connectivity index (χ0v) is 10.2. The molecule has 0 bridgehead atoms. The lowest BCUT2D eigenvalue weighted by Crippen LogP contribution is -2.14. The second kappa shape index (κ2) is 5.22. The number of aromatic nitrogens is 1.